The molecular weight excluding hydrogens is 360 g/mol. The molecule has 4 nitrogen and oxygen atoms in total. The Morgan fingerprint density at radius 2 is 2.04 bits per heavy atom. The molecule has 0 radical (unpaired) electrons. The van der Waals surface area contributed by atoms with Gasteiger partial charge in [0.1, 0.15) is 0 Å². The van der Waals surface area contributed by atoms with Gasteiger partial charge in [-0.3, -0.25) is 4.57 Å². The van der Waals surface area contributed by atoms with Gasteiger partial charge in [0, 0.05) is 13.0 Å². The zero-order valence-corrected chi connectivity index (χ0v) is 16.5. The Bertz CT molecular complexity index is 952. The smallest absolute Gasteiger partial charge is 0.203 e. The summed E-state index contributed by atoms with van der Waals surface area (Å²) in [4.78, 5) is 2.68. The van der Waals surface area contributed by atoms with Gasteiger partial charge in [0.05, 0.1) is 18.0 Å². The van der Waals surface area contributed by atoms with Crippen molar-refractivity contribution in [3.8, 4) is 10.7 Å². The first-order valence-electron chi connectivity index (χ1n) is 9.06. The van der Waals surface area contributed by atoms with E-state index in [4.69, 9.17) is 17.3 Å². The summed E-state index contributed by atoms with van der Waals surface area (Å²) in [6.45, 7) is 5.92. The van der Waals surface area contributed by atoms with Crippen LogP contribution in [0.15, 0.2) is 53.9 Å². The normalized spacial score (nSPS) is 17.3. The molecule has 6 heteroatoms. The summed E-state index contributed by atoms with van der Waals surface area (Å²) >= 11 is 7.41. The fourth-order valence-corrected chi connectivity index (χ4v) is 4.51. The minimum Gasteiger partial charge on any atom is -0.313 e. The molecule has 0 spiro atoms. The van der Waals surface area contributed by atoms with Crippen LogP contribution in [0.5, 0.6) is 0 Å². The average Bonchev–Trinajstić information content (AvgIpc) is 3.32. The second-order valence-electron chi connectivity index (χ2n) is 6.53. The lowest BCUT2D eigenvalue weighted by Gasteiger charge is -2.23. The Morgan fingerprint density at radius 3 is 2.69 bits per heavy atom. The van der Waals surface area contributed by atoms with Gasteiger partial charge in [0.2, 0.25) is 4.77 Å². The van der Waals surface area contributed by atoms with Crippen molar-refractivity contribution in [1.82, 2.24) is 14.3 Å². The van der Waals surface area contributed by atoms with Gasteiger partial charge >= 0.3 is 0 Å². The third-order valence-electron chi connectivity index (χ3n) is 4.88. The van der Waals surface area contributed by atoms with Gasteiger partial charge in [-0.2, -0.15) is 4.68 Å². The lowest BCUT2D eigenvalue weighted by Crippen LogP contribution is -3.11. The SMILES string of the molecule is CCn1c(-c2cccs2)nn(C[NH+]2CC=C(c3ccccc3)CC2)c1=S. The van der Waals surface area contributed by atoms with Gasteiger partial charge in [0.25, 0.3) is 0 Å². The molecule has 1 aromatic carbocycles. The van der Waals surface area contributed by atoms with Gasteiger partial charge in [-0.25, -0.2) is 0 Å². The Hall–Kier alpha value is -2.02. The van der Waals surface area contributed by atoms with Crippen LogP contribution in [0.1, 0.15) is 18.9 Å². The van der Waals surface area contributed by atoms with Crippen molar-refractivity contribution in [2.75, 3.05) is 13.1 Å². The number of hydrogen-bond donors (Lipinski definition) is 1. The molecule has 0 saturated carbocycles. The molecule has 3 aromatic rings. The van der Waals surface area contributed by atoms with E-state index in [1.807, 2.05) is 4.68 Å². The van der Waals surface area contributed by atoms with Crippen molar-refractivity contribution in [3.63, 3.8) is 0 Å². The second-order valence-corrected chi connectivity index (χ2v) is 7.85. The highest BCUT2D eigenvalue weighted by Crippen LogP contribution is 2.23. The van der Waals surface area contributed by atoms with Gasteiger partial charge in [0.15, 0.2) is 12.5 Å². The van der Waals surface area contributed by atoms with E-state index in [1.54, 1.807) is 11.3 Å². The number of nitrogens with one attached hydrogen (secondary N) is 1. The minimum absolute atomic E-state index is 0.821. The van der Waals surface area contributed by atoms with Crippen LogP contribution < -0.4 is 4.90 Å². The maximum Gasteiger partial charge on any atom is 0.203 e. The number of rotatable bonds is 5. The van der Waals surface area contributed by atoms with E-state index >= 15 is 0 Å². The fraction of sp³-hybridized carbons (Fsp3) is 0.300. The third kappa shape index (κ3) is 3.45. The van der Waals surface area contributed by atoms with Crippen molar-refractivity contribution < 1.29 is 4.90 Å². The summed E-state index contributed by atoms with van der Waals surface area (Å²) in [6.07, 6.45) is 3.47. The first-order valence-corrected chi connectivity index (χ1v) is 10.3. The number of benzene rings is 1. The zero-order valence-electron chi connectivity index (χ0n) is 14.9. The molecule has 0 amide bonds. The molecular formula is C20H23N4S2+. The summed E-state index contributed by atoms with van der Waals surface area (Å²) in [6, 6.07) is 14.9. The number of thiophene rings is 1. The summed E-state index contributed by atoms with van der Waals surface area (Å²) in [5, 5.41) is 6.93. The van der Waals surface area contributed by atoms with Crippen LogP contribution in [0.25, 0.3) is 16.3 Å². The van der Waals surface area contributed by atoms with Gasteiger partial charge in [-0.15, -0.1) is 16.4 Å². The Labute approximate surface area is 163 Å². The van der Waals surface area contributed by atoms with E-state index in [2.05, 4.69) is 65.4 Å². The molecule has 1 aliphatic rings. The Kier molecular flexibility index (Phi) is 5.15. The van der Waals surface area contributed by atoms with Crippen molar-refractivity contribution >= 4 is 29.1 Å². The molecule has 0 fully saturated rings. The van der Waals surface area contributed by atoms with Crippen LogP contribution in [-0.4, -0.2) is 27.4 Å². The quantitative estimate of drug-likeness (QED) is 0.683. The van der Waals surface area contributed by atoms with Crippen LogP contribution >= 0.6 is 23.6 Å². The fourth-order valence-electron chi connectivity index (χ4n) is 3.47. The molecule has 0 bridgehead atoms. The summed E-state index contributed by atoms with van der Waals surface area (Å²) in [5.41, 5.74) is 2.80. The number of hydrogen-bond acceptors (Lipinski definition) is 3. The third-order valence-corrected chi connectivity index (χ3v) is 6.18. The standard InChI is InChI=1S/C20H22N4S2/c1-2-23-19(18-9-6-14-26-18)21-24(20(23)25)15-22-12-10-17(11-13-22)16-7-4-3-5-8-16/h3-10,14H,2,11-13,15H2,1H3/p+1. The number of quaternary nitrogens is 1. The van der Waals surface area contributed by atoms with Crippen molar-refractivity contribution in [3.05, 3.63) is 64.3 Å². The lowest BCUT2D eigenvalue weighted by molar-refractivity contribution is -0.918. The first kappa shape index (κ1) is 17.4. The van der Waals surface area contributed by atoms with Gasteiger partial charge < -0.3 is 4.90 Å². The molecule has 1 N–H and O–H groups in total. The summed E-state index contributed by atoms with van der Waals surface area (Å²) < 4.78 is 4.96. The zero-order chi connectivity index (χ0) is 17.9. The maximum absolute atomic E-state index is 5.69. The average molecular weight is 384 g/mol. The highest BCUT2D eigenvalue weighted by atomic mass is 32.1. The highest BCUT2D eigenvalue weighted by Gasteiger charge is 2.19. The van der Waals surface area contributed by atoms with Crippen LogP contribution in [0.4, 0.5) is 0 Å². The van der Waals surface area contributed by atoms with Gasteiger partial charge in [-0.1, -0.05) is 36.4 Å². The van der Waals surface area contributed by atoms with Crippen molar-refractivity contribution in [2.24, 2.45) is 0 Å². The molecule has 3 heterocycles. The molecule has 1 atom stereocenters. The van der Waals surface area contributed by atoms with Crippen molar-refractivity contribution in [2.45, 2.75) is 26.6 Å². The molecule has 4 rings (SSSR count). The van der Waals surface area contributed by atoms with Crippen LogP contribution in [-0.2, 0) is 13.2 Å². The Balaban J connectivity index is 1.52. The molecule has 26 heavy (non-hydrogen) atoms. The van der Waals surface area contributed by atoms with E-state index in [-0.39, 0.29) is 0 Å². The highest BCUT2D eigenvalue weighted by molar-refractivity contribution is 7.71. The van der Waals surface area contributed by atoms with E-state index < -0.39 is 0 Å². The van der Waals surface area contributed by atoms with E-state index in [1.165, 1.54) is 20.9 Å². The van der Waals surface area contributed by atoms with Crippen molar-refractivity contribution in [1.29, 1.82) is 0 Å². The minimum atomic E-state index is 0.821. The van der Waals surface area contributed by atoms with E-state index in [9.17, 15) is 0 Å². The number of nitrogens with zero attached hydrogens (tertiary/aromatic N) is 3. The van der Waals surface area contributed by atoms with E-state index in [0.717, 1.165) is 43.3 Å². The summed E-state index contributed by atoms with van der Waals surface area (Å²) in [7, 11) is 0. The predicted octanol–water partition coefficient (Wildman–Crippen LogP) is 3.49. The monoisotopic (exact) mass is 383 g/mol. The summed E-state index contributed by atoms with van der Waals surface area (Å²) in [5.74, 6) is 0.990. The lowest BCUT2D eigenvalue weighted by atomic mass is 10.00. The first-order chi connectivity index (χ1) is 12.8. The van der Waals surface area contributed by atoms with Gasteiger partial charge in [-0.05, 0) is 47.8 Å². The predicted molar refractivity (Wildman–Crippen MR) is 110 cm³/mol. The largest absolute Gasteiger partial charge is 0.313 e. The molecule has 2 aromatic heterocycles. The topological polar surface area (TPSA) is 27.2 Å². The molecule has 1 unspecified atom stereocenters. The van der Waals surface area contributed by atoms with E-state index in [0.29, 0.717) is 0 Å². The molecule has 134 valence electrons. The molecule has 0 saturated heterocycles. The molecule has 0 aliphatic carbocycles. The number of aromatic nitrogens is 3. The van der Waals surface area contributed by atoms with Crippen LogP contribution in [0.2, 0.25) is 0 Å². The van der Waals surface area contributed by atoms with Crippen LogP contribution in [0, 0.1) is 4.77 Å². The molecule has 1 aliphatic heterocycles. The second kappa shape index (κ2) is 7.70. The maximum atomic E-state index is 5.69. The van der Waals surface area contributed by atoms with Crippen LogP contribution in [0.3, 0.4) is 0 Å². The Morgan fingerprint density at radius 1 is 1.19 bits per heavy atom.